The molecule has 8 nitrogen and oxygen atoms in total. The zero-order valence-electron chi connectivity index (χ0n) is 17.4. The Kier molecular flexibility index (Phi) is 7.11. The van der Waals surface area contributed by atoms with Gasteiger partial charge in [0.15, 0.2) is 5.96 Å². The molecule has 0 aromatic carbocycles. The second-order valence-electron chi connectivity index (χ2n) is 7.32. The van der Waals surface area contributed by atoms with E-state index >= 15 is 0 Å². The van der Waals surface area contributed by atoms with E-state index in [0.717, 1.165) is 36.8 Å². The van der Waals surface area contributed by atoms with Crippen LogP contribution in [0.1, 0.15) is 30.9 Å². The van der Waals surface area contributed by atoms with Crippen LogP contribution >= 0.6 is 0 Å². The van der Waals surface area contributed by atoms with Crippen molar-refractivity contribution in [3.05, 3.63) is 47.5 Å². The van der Waals surface area contributed by atoms with E-state index in [2.05, 4.69) is 20.5 Å². The van der Waals surface area contributed by atoms with Crippen LogP contribution in [0.4, 0.5) is 5.82 Å². The summed E-state index contributed by atoms with van der Waals surface area (Å²) in [6.07, 6.45) is 1.81. The zero-order chi connectivity index (χ0) is 20.7. The molecule has 8 heteroatoms. The van der Waals surface area contributed by atoms with Crippen molar-refractivity contribution in [3.8, 4) is 0 Å². The van der Waals surface area contributed by atoms with Crippen molar-refractivity contribution in [2.75, 3.05) is 44.3 Å². The molecule has 3 N–H and O–H groups in total. The van der Waals surface area contributed by atoms with Gasteiger partial charge in [-0.2, -0.15) is 0 Å². The zero-order valence-corrected chi connectivity index (χ0v) is 17.4. The number of guanidine groups is 1. The molecular formula is C21H31N5O3. The molecule has 0 saturated carbocycles. The van der Waals surface area contributed by atoms with Gasteiger partial charge in [0.1, 0.15) is 22.9 Å². The van der Waals surface area contributed by atoms with Gasteiger partial charge in [0.05, 0.1) is 26.3 Å². The Labute approximate surface area is 172 Å². The van der Waals surface area contributed by atoms with Crippen LogP contribution in [0.15, 0.2) is 39.9 Å². The minimum atomic E-state index is -1.14. The summed E-state index contributed by atoms with van der Waals surface area (Å²) < 4.78 is 11.0. The van der Waals surface area contributed by atoms with Gasteiger partial charge in [0.2, 0.25) is 0 Å². The summed E-state index contributed by atoms with van der Waals surface area (Å²) in [5, 5.41) is 17.2. The molecule has 0 radical (unpaired) electrons. The smallest absolute Gasteiger partial charge is 0.191 e. The minimum absolute atomic E-state index is 0.273. The second kappa shape index (κ2) is 9.76. The normalized spacial score (nSPS) is 17.1. The maximum atomic E-state index is 10.7. The molecule has 3 rings (SSSR count). The number of pyridine rings is 1. The number of aryl methyl sites for hydroxylation is 1. The van der Waals surface area contributed by atoms with Gasteiger partial charge in [-0.1, -0.05) is 6.07 Å². The standard InChI is InChI=1S/C21H31N5O3/c1-4-22-20(25-15-21(3,27)18-8-7-16(2)29-18)24-14-17-6-5-9-23-19(17)26-10-12-28-13-11-26/h5-9,27H,4,10-15H2,1-3H3,(H2,22,24,25). The SMILES string of the molecule is CCNC(=NCc1cccnc1N1CCOCC1)NCC(C)(O)c1ccc(C)o1. The lowest BCUT2D eigenvalue weighted by atomic mass is 10.0. The number of rotatable bonds is 7. The summed E-state index contributed by atoms with van der Waals surface area (Å²) in [5.74, 6) is 2.88. The van der Waals surface area contributed by atoms with E-state index in [4.69, 9.17) is 14.1 Å². The monoisotopic (exact) mass is 401 g/mol. The molecule has 2 aromatic heterocycles. The van der Waals surface area contributed by atoms with Gasteiger partial charge >= 0.3 is 0 Å². The number of nitrogens with one attached hydrogen (secondary N) is 2. The van der Waals surface area contributed by atoms with Crippen molar-refractivity contribution < 1.29 is 14.3 Å². The Bertz CT molecular complexity index is 812. The van der Waals surface area contributed by atoms with Crippen molar-refractivity contribution >= 4 is 11.8 Å². The molecule has 1 saturated heterocycles. The van der Waals surface area contributed by atoms with E-state index in [1.165, 1.54) is 0 Å². The molecule has 1 atom stereocenters. The van der Waals surface area contributed by atoms with Gasteiger partial charge in [-0.3, -0.25) is 0 Å². The van der Waals surface area contributed by atoms with E-state index < -0.39 is 5.60 Å². The fraction of sp³-hybridized carbons (Fsp3) is 0.524. The maximum absolute atomic E-state index is 10.7. The van der Waals surface area contributed by atoms with Gasteiger partial charge < -0.3 is 29.8 Å². The first kappa shape index (κ1) is 21.1. The largest absolute Gasteiger partial charge is 0.463 e. The number of morpholine rings is 1. The van der Waals surface area contributed by atoms with Gasteiger partial charge in [-0.25, -0.2) is 9.98 Å². The molecule has 0 spiro atoms. The summed E-state index contributed by atoms with van der Waals surface area (Å²) in [5.41, 5.74) is -0.0856. The Morgan fingerprint density at radius 1 is 1.28 bits per heavy atom. The number of ether oxygens (including phenoxy) is 1. The summed E-state index contributed by atoms with van der Waals surface area (Å²) in [6, 6.07) is 7.62. The lowest BCUT2D eigenvalue weighted by Gasteiger charge is -2.29. The molecule has 1 fully saturated rings. The number of nitrogens with zero attached hydrogens (tertiary/aromatic N) is 3. The number of anilines is 1. The number of aliphatic hydroxyl groups is 1. The average molecular weight is 402 g/mol. The number of hydrogen-bond acceptors (Lipinski definition) is 6. The van der Waals surface area contributed by atoms with Gasteiger partial charge in [0.25, 0.3) is 0 Å². The molecule has 0 aliphatic carbocycles. The Hall–Kier alpha value is -2.58. The van der Waals surface area contributed by atoms with E-state index in [1.807, 2.05) is 38.2 Å². The molecule has 0 bridgehead atoms. The van der Waals surface area contributed by atoms with Crippen molar-refractivity contribution in [1.29, 1.82) is 0 Å². The highest BCUT2D eigenvalue weighted by Gasteiger charge is 2.27. The Morgan fingerprint density at radius 3 is 2.76 bits per heavy atom. The minimum Gasteiger partial charge on any atom is -0.463 e. The molecular weight excluding hydrogens is 370 g/mol. The quantitative estimate of drug-likeness (QED) is 0.481. The average Bonchev–Trinajstić information content (AvgIpc) is 3.18. The lowest BCUT2D eigenvalue weighted by molar-refractivity contribution is 0.0378. The predicted molar refractivity (Wildman–Crippen MR) is 113 cm³/mol. The highest BCUT2D eigenvalue weighted by atomic mass is 16.5. The van der Waals surface area contributed by atoms with Crippen molar-refractivity contribution in [2.24, 2.45) is 4.99 Å². The molecule has 1 aliphatic heterocycles. The third-order valence-electron chi connectivity index (χ3n) is 4.80. The van der Waals surface area contributed by atoms with Crippen LogP contribution in [0.2, 0.25) is 0 Å². The molecule has 3 heterocycles. The van der Waals surface area contributed by atoms with Crippen molar-refractivity contribution in [1.82, 2.24) is 15.6 Å². The van der Waals surface area contributed by atoms with Gasteiger partial charge in [-0.05, 0) is 39.0 Å². The van der Waals surface area contributed by atoms with Crippen LogP contribution in [0.25, 0.3) is 0 Å². The lowest BCUT2D eigenvalue weighted by Crippen LogP contribution is -2.44. The first-order valence-electron chi connectivity index (χ1n) is 10.1. The number of aliphatic imine (C=N–C) groups is 1. The van der Waals surface area contributed by atoms with Crippen molar-refractivity contribution in [2.45, 2.75) is 32.9 Å². The molecule has 29 heavy (non-hydrogen) atoms. The van der Waals surface area contributed by atoms with E-state index in [0.29, 0.717) is 31.5 Å². The van der Waals surface area contributed by atoms with Crippen LogP contribution in [-0.4, -0.2) is 55.4 Å². The van der Waals surface area contributed by atoms with E-state index in [1.54, 1.807) is 13.0 Å². The number of hydrogen-bond donors (Lipinski definition) is 3. The summed E-state index contributed by atoms with van der Waals surface area (Å²) in [6.45, 7) is 10.2. The molecule has 2 aromatic rings. The van der Waals surface area contributed by atoms with Crippen LogP contribution in [0, 0.1) is 6.92 Å². The fourth-order valence-corrected chi connectivity index (χ4v) is 3.19. The molecule has 1 unspecified atom stereocenters. The van der Waals surface area contributed by atoms with Crippen molar-refractivity contribution in [3.63, 3.8) is 0 Å². The van der Waals surface area contributed by atoms with Crippen LogP contribution in [-0.2, 0) is 16.9 Å². The second-order valence-corrected chi connectivity index (χ2v) is 7.32. The van der Waals surface area contributed by atoms with Gasteiger partial charge in [0, 0.05) is 31.4 Å². The van der Waals surface area contributed by atoms with Crippen LogP contribution < -0.4 is 15.5 Å². The predicted octanol–water partition coefficient (Wildman–Crippen LogP) is 1.78. The maximum Gasteiger partial charge on any atom is 0.191 e. The molecule has 0 amide bonds. The first-order valence-corrected chi connectivity index (χ1v) is 10.1. The fourth-order valence-electron chi connectivity index (χ4n) is 3.19. The Balaban J connectivity index is 1.68. The highest BCUT2D eigenvalue weighted by Crippen LogP contribution is 2.22. The number of aromatic nitrogens is 1. The third kappa shape index (κ3) is 5.71. The Morgan fingerprint density at radius 2 is 2.07 bits per heavy atom. The third-order valence-corrected chi connectivity index (χ3v) is 4.80. The highest BCUT2D eigenvalue weighted by molar-refractivity contribution is 5.79. The summed E-state index contributed by atoms with van der Waals surface area (Å²) in [7, 11) is 0. The van der Waals surface area contributed by atoms with Crippen LogP contribution in [0.3, 0.4) is 0 Å². The summed E-state index contributed by atoms with van der Waals surface area (Å²) in [4.78, 5) is 11.5. The number of furan rings is 1. The summed E-state index contributed by atoms with van der Waals surface area (Å²) >= 11 is 0. The molecule has 158 valence electrons. The van der Waals surface area contributed by atoms with Crippen LogP contribution in [0.5, 0.6) is 0 Å². The van der Waals surface area contributed by atoms with E-state index in [-0.39, 0.29) is 6.54 Å². The van der Waals surface area contributed by atoms with Gasteiger partial charge in [-0.15, -0.1) is 0 Å². The molecule has 1 aliphatic rings. The first-order chi connectivity index (χ1) is 14.0. The van der Waals surface area contributed by atoms with E-state index in [9.17, 15) is 5.11 Å². The topological polar surface area (TPSA) is 95.2 Å².